The molecule has 1 fully saturated rings. The number of hydrogen-bond acceptors (Lipinski definition) is 2. The zero-order chi connectivity index (χ0) is 16.2. The SMILES string of the molecule is CCC1(CNC(=NC)NCc2c(C)nn(C)c2C)CCCC1. The Labute approximate surface area is 134 Å². The molecule has 1 aromatic heterocycles. The summed E-state index contributed by atoms with van der Waals surface area (Å²) in [7, 11) is 3.83. The van der Waals surface area contributed by atoms with Crippen molar-refractivity contribution in [2.45, 2.75) is 59.4 Å². The van der Waals surface area contributed by atoms with Crippen molar-refractivity contribution in [2.75, 3.05) is 13.6 Å². The van der Waals surface area contributed by atoms with Crippen molar-refractivity contribution in [3.05, 3.63) is 17.0 Å². The van der Waals surface area contributed by atoms with Gasteiger partial charge in [-0.25, -0.2) is 0 Å². The topological polar surface area (TPSA) is 54.2 Å². The van der Waals surface area contributed by atoms with E-state index in [1.165, 1.54) is 43.4 Å². The van der Waals surface area contributed by atoms with Gasteiger partial charge in [-0.05, 0) is 38.5 Å². The first-order valence-electron chi connectivity index (χ1n) is 8.45. The van der Waals surface area contributed by atoms with Gasteiger partial charge in [0.2, 0.25) is 0 Å². The highest BCUT2D eigenvalue weighted by Gasteiger charge is 2.31. The molecule has 124 valence electrons. The summed E-state index contributed by atoms with van der Waals surface area (Å²) in [5.41, 5.74) is 4.03. The zero-order valence-electron chi connectivity index (χ0n) is 14.8. The van der Waals surface area contributed by atoms with Crippen molar-refractivity contribution in [2.24, 2.45) is 17.5 Å². The van der Waals surface area contributed by atoms with Gasteiger partial charge in [0.25, 0.3) is 0 Å². The Morgan fingerprint density at radius 1 is 1.27 bits per heavy atom. The number of nitrogens with one attached hydrogen (secondary N) is 2. The van der Waals surface area contributed by atoms with Crippen LogP contribution in [0, 0.1) is 19.3 Å². The van der Waals surface area contributed by atoms with Crippen molar-refractivity contribution in [3.63, 3.8) is 0 Å². The minimum Gasteiger partial charge on any atom is -0.356 e. The van der Waals surface area contributed by atoms with Gasteiger partial charge in [-0.15, -0.1) is 0 Å². The van der Waals surface area contributed by atoms with E-state index in [1.54, 1.807) is 0 Å². The Morgan fingerprint density at radius 2 is 1.95 bits per heavy atom. The average molecular weight is 305 g/mol. The molecule has 0 radical (unpaired) electrons. The summed E-state index contributed by atoms with van der Waals surface area (Å²) in [6.45, 7) is 8.27. The molecule has 0 saturated heterocycles. The average Bonchev–Trinajstić information content (AvgIpc) is 3.07. The van der Waals surface area contributed by atoms with E-state index in [9.17, 15) is 0 Å². The molecule has 1 heterocycles. The van der Waals surface area contributed by atoms with Gasteiger partial charge in [-0.1, -0.05) is 19.8 Å². The smallest absolute Gasteiger partial charge is 0.191 e. The van der Waals surface area contributed by atoms with Crippen LogP contribution < -0.4 is 10.6 Å². The summed E-state index contributed by atoms with van der Waals surface area (Å²) in [4.78, 5) is 4.36. The van der Waals surface area contributed by atoms with Crippen molar-refractivity contribution in [1.29, 1.82) is 0 Å². The maximum atomic E-state index is 4.46. The van der Waals surface area contributed by atoms with Crippen LogP contribution in [0.1, 0.15) is 56.0 Å². The Kier molecular flexibility index (Phi) is 5.48. The summed E-state index contributed by atoms with van der Waals surface area (Å²) < 4.78 is 1.94. The summed E-state index contributed by atoms with van der Waals surface area (Å²) in [5.74, 6) is 0.891. The first-order chi connectivity index (χ1) is 10.5. The molecule has 2 rings (SSSR count). The summed E-state index contributed by atoms with van der Waals surface area (Å²) >= 11 is 0. The summed E-state index contributed by atoms with van der Waals surface area (Å²) in [5, 5.41) is 11.4. The van der Waals surface area contributed by atoms with Crippen LogP contribution in [0.15, 0.2) is 4.99 Å². The lowest BCUT2D eigenvalue weighted by atomic mass is 9.83. The second-order valence-corrected chi connectivity index (χ2v) is 6.61. The Morgan fingerprint density at radius 3 is 2.45 bits per heavy atom. The largest absolute Gasteiger partial charge is 0.356 e. The Hall–Kier alpha value is -1.52. The van der Waals surface area contributed by atoms with Crippen LogP contribution in [0.25, 0.3) is 0 Å². The third kappa shape index (κ3) is 3.62. The van der Waals surface area contributed by atoms with Gasteiger partial charge in [-0.2, -0.15) is 5.10 Å². The van der Waals surface area contributed by atoms with Gasteiger partial charge in [0, 0.05) is 38.4 Å². The second-order valence-electron chi connectivity index (χ2n) is 6.61. The van der Waals surface area contributed by atoms with Gasteiger partial charge in [0.1, 0.15) is 0 Å². The van der Waals surface area contributed by atoms with Crippen molar-refractivity contribution < 1.29 is 0 Å². The fourth-order valence-corrected chi connectivity index (χ4v) is 3.52. The first-order valence-corrected chi connectivity index (χ1v) is 8.45. The van der Waals surface area contributed by atoms with Gasteiger partial charge < -0.3 is 10.6 Å². The van der Waals surface area contributed by atoms with Crippen LogP contribution in [0.5, 0.6) is 0 Å². The molecule has 0 aromatic carbocycles. The van der Waals surface area contributed by atoms with E-state index >= 15 is 0 Å². The molecule has 0 aliphatic heterocycles. The molecule has 22 heavy (non-hydrogen) atoms. The van der Waals surface area contributed by atoms with E-state index < -0.39 is 0 Å². The highest BCUT2D eigenvalue weighted by Crippen LogP contribution is 2.40. The molecular formula is C17H31N5. The van der Waals surface area contributed by atoms with Gasteiger partial charge in [0.15, 0.2) is 5.96 Å². The van der Waals surface area contributed by atoms with Gasteiger partial charge in [0.05, 0.1) is 5.69 Å². The number of nitrogens with zero attached hydrogens (tertiary/aromatic N) is 3. The van der Waals surface area contributed by atoms with Gasteiger partial charge >= 0.3 is 0 Å². The van der Waals surface area contributed by atoms with Crippen LogP contribution in [-0.4, -0.2) is 29.3 Å². The van der Waals surface area contributed by atoms with E-state index in [2.05, 4.69) is 41.5 Å². The predicted octanol–water partition coefficient (Wildman–Crippen LogP) is 2.67. The maximum absolute atomic E-state index is 4.46. The number of aromatic nitrogens is 2. The van der Waals surface area contributed by atoms with E-state index in [0.29, 0.717) is 5.41 Å². The number of hydrogen-bond donors (Lipinski definition) is 2. The monoisotopic (exact) mass is 305 g/mol. The van der Waals surface area contributed by atoms with Crippen LogP contribution in [0.3, 0.4) is 0 Å². The molecule has 0 bridgehead atoms. The first kappa shape index (κ1) is 16.8. The lowest BCUT2D eigenvalue weighted by Crippen LogP contribution is -2.42. The molecule has 5 heteroatoms. The third-order valence-corrected chi connectivity index (χ3v) is 5.36. The molecule has 0 atom stereocenters. The molecule has 1 saturated carbocycles. The molecule has 0 unspecified atom stereocenters. The molecule has 1 aromatic rings. The fraction of sp³-hybridized carbons (Fsp3) is 0.765. The van der Waals surface area contributed by atoms with Crippen LogP contribution >= 0.6 is 0 Å². The summed E-state index contributed by atoms with van der Waals surface area (Å²) in [6.07, 6.45) is 6.67. The van der Waals surface area contributed by atoms with Crippen LogP contribution in [-0.2, 0) is 13.6 Å². The van der Waals surface area contributed by atoms with E-state index in [1.807, 2.05) is 18.8 Å². The lowest BCUT2D eigenvalue weighted by Gasteiger charge is -2.28. The predicted molar refractivity (Wildman–Crippen MR) is 92.1 cm³/mol. The van der Waals surface area contributed by atoms with Crippen LogP contribution in [0.2, 0.25) is 0 Å². The number of rotatable bonds is 5. The molecule has 0 spiro atoms. The highest BCUT2D eigenvalue weighted by atomic mass is 15.3. The zero-order valence-corrected chi connectivity index (χ0v) is 14.8. The molecular weight excluding hydrogens is 274 g/mol. The maximum Gasteiger partial charge on any atom is 0.191 e. The van der Waals surface area contributed by atoms with Crippen molar-refractivity contribution in [1.82, 2.24) is 20.4 Å². The fourth-order valence-electron chi connectivity index (χ4n) is 3.52. The Bertz CT molecular complexity index is 523. The van der Waals surface area contributed by atoms with Crippen molar-refractivity contribution in [3.8, 4) is 0 Å². The van der Waals surface area contributed by atoms with Crippen molar-refractivity contribution >= 4 is 5.96 Å². The lowest BCUT2D eigenvalue weighted by molar-refractivity contribution is 0.283. The highest BCUT2D eigenvalue weighted by molar-refractivity contribution is 5.79. The quantitative estimate of drug-likeness (QED) is 0.649. The van der Waals surface area contributed by atoms with Crippen LogP contribution in [0.4, 0.5) is 0 Å². The van der Waals surface area contributed by atoms with E-state index in [4.69, 9.17) is 0 Å². The number of aryl methyl sites for hydroxylation is 2. The minimum atomic E-state index is 0.470. The standard InChI is InChI=1S/C17H31N5/c1-6-17(9-7-8-10-17)12-20-16(18-4)19-11-15-13(2)21-22(5)14(15)3/h6-12H2,1-5H3,(H2,18,19,20). The number of guanidine groups is 1. The van der Waals surface area contributed by atoms with Gasteiger partial charge in [-0.3, -0.25) is 9.67 Å². The molecule has 5 nitrogen and oxygen atoms in total. The Balaban J connectivity index is 1.90. The minimum absolute atomic E-state index is 0.470. The summed E-state index contributed by atoms with van der Waals surface area (Å²) in [6, 6.07) is 0. The van der Waals surface area contributed by atoms with E-state index in [-0.39, 0.29) is 0 Å². The third-order valence-electron chi connectivity index (χ3n) is 5.36. The van der Waals surface area contributed by atoms with E-state index in [0.717, 1.165) is 24.7 Å². The molecule has 2 N–H and O–H groups in total. The second kappa shape index (κ2) is 7.16. The molecule has 0 amide bonds. The molecule has 1 aliphatic rings. The molecule has 1 aliphatic carbocycles. The number of aliphatic imine (C=N–C) groups is 1. The normalized spacial score (nSPS) is 17.8.